The number of alkyl halides is 6. The first-order valence-corrected chi connectivity index (χ1v) is 22.8. The Labute approximate surface area is 440 Å². The summed E-state index contributed by atoms with van der Waals surface area (Å²) < 4.78 is 112. The fourth-order valence-corrected chi connectivity index (χ4v) is 7.77. The van der Waals surface area contributed by atoms with Crippen LogP contribution in [0.15, 0.2) is 116 Å². The van der Waals surface area contributed by atoms with Crippen LogP contribution in [0.3, 0.4) is 0 Å². The van der Waals surface area contributed by atoms with E-state index in [-0.39, 0.29) is 86.1 Å². The molecule has 77 heavy (non-hydrogen) atoms. The molecule has 4 heterocycles. The van der Waals surface area contributed by atoms with E-state index in [0.717, 1.165) is 42.5 Å². The second-order valence-corrected chi connectivity index (χ2v) is 17.3. The lowest BCUT2D eigenvalue weighted by molar-refractivity contribution is -0.275. The van der Waals surface area contributed by atoms with Gasteiger partial charge in [-0.05, 0) is 59.7 Å². The molecule has 410 valence electrons. The molecule has 0 saturated carbocycles. The fraction of sp³-hybridized carbons (Fsp3) is 0.286. The number of ketones is 1. The van der Waals surface area contributed by atoms with Crippen LogP contribution in [-0.4, -0.2) is 94.5 Å². The first kappa shape index (κ1) is 58.4. The summed E-state index contributed by atoms with van der Waals surface area (Å²) >= 11 is 12.0. The van der Waals surface area contributed by atoms with E-state index in [9.17, 15) is 55.4 Å². The average molecular weight is 1120 g/mol. The summed E-state index contributed by atoms with van der Waals surface area (Å²) in [5, 5.41) is 11.1. The second-order valence-electron chi connectivity index (χ2n) is 16.4. The van der Waals surface area contributed by atoms with E-state index in [0.29, 0.717) is 21.2 Å². The monoisotopic (exact) mass is 1120 g/mol. The maximum absolute atomic E-state index is 13.5. The molecule has 0 amide bonds. The number of fused-ring (bicyclic) bond motifs is 2. The molecule has 4 aromatic carbocycles. The number of benzene rings is 4. The van der Waals surface area contributed by atoms with Crippen molar-refractivity contribution in [3.05, 3.63) is 160 Å². The standard InChI is InChI=1S/C24H22ClF3N4O6.C24H20ClF3N4O6.CH4/c2*1-30-20-19(21(34)32(23(30)35)12-16(33)13-36-2)31(11-14-6-8-15(25)9-7-14)22(29-20)37-17-4-3-5-18(10-17)38-24(26,27)28;/h3-10,16,33H,11-13H2,1-2H3;3-10H,11-13H2,1-2H3;1H4. The van der Waals surface area contributed by atoms with E-state index >= 15 is 0 Å². The molecule has 1 unspecified atom stereocenters. The molecule has 0 radical (unpaired) electrons. The molecule has 0 bridgehead atoms. The molecule has 20 nitrogen and oxygen atoms in total. The van der Waals surface area contributed by atoms with E-state index in [1.807, 2.05) is 0 Å². The van der Waals surface area contributed by atoms with Crippen molar-refractivity contribution in [2.45, 2.75) is 52.4 Å². The second kappa shape index (κ2) is 24.4. The Morgan fingerprint density at radius 2 is 1.01 bits per heavy atom. The molecule has 0 saturated heterocycles. The summed E-state index contributed by atoms with van der Waals surface area (Å²) in [7, 11) is 5.43. The quantitative estimate of drug-likeness (QED) is 0.0827. The zero-order valence-corrected chi connectivity index (χ0v) is 41.6. The summed E-state index contributed by atoms with van der Waals surface area (Å²) in [4.78, 5) is 73.6. The minimum atomic E-state index is -4.91. The van der Waals surface area contributed by atoms with Gasteiger partial charge in [-0.1, -0.05) is 67.0 Å². The van der Waals surface area contributed by atoms with Gasteiger partial charge in [0.15, 0.2) is 28.1 Å². The number of imidazole rings is 2. The van der Waals surface area contributed by atoms with E-state index in [1.165, 1.54) is 61.7 Å². The molecule has 0 aliphatic carbocycles. The lowest BCUT2D eigenvalue weighted by atomic mass is 10.2. The number of carbonyl (C=O) groups is 1. The third-order valence-corrected chi connectivity index (χ3v) is 11.3. The van der Waals surface area contributed by atoms with E-state index in [4.69, 9.17) is 42.1 Å². The Hall–Kier alpha value is -7.91. The van der Waals surface area contributed by atoms with Crippen LogP contribution in [0.5, 0.6) is 35.0 Å². The summed E-state index contributed by atoms with van der Waals surface area (Å²) in [6.07, 6.45) is -11.0. The molecule has 0 fully saturated rings. The lowest BCUT2D eigenvalue weighted by Crippen LogP contribution is -2.43. The Morgan fingerprint density at radius 3 is 1.42 bits per heavy atom. The number of ether oxygens (including phenoxy) is 6. The van der Waals surface area contributed by atoms with Gasteiger partial charge in [0, 0.05) is 50.5 Å². The molecule has 4 aromatic heterocycles. The van der Waals surface area contributed by atoms with Crippen LogP contribution in [0.25, 0.3) is 22.3 Å². The number of Topliss-reactive ketones (excluding diaryl/α,β-unsaturated/α-hetero) is 1. The van der Waals surface area contributed by atoms with Gasteiger partial charge < -0.3 is 33.5 Å². The Balaban J connectivity index is 0.000000246. The fourth-order valence-electron chi connectivity index (χ4n) is 7.52. The smallest absolute Gasteiger partial charge is 0.425 e. The van der Waals surface area contributed by atoms with Crippen molar-refractivity contribution < 1.29 is 64.7 Å². The van der Waals surface area contributed by atoms with Crippen LogP contribution >= 0.6 is 23.2 Å². The highest BCUT2D eigenvalue weighted by Crippen LogP contribution is 2.32. The van der Waals surface area contributed by atoms with Gasteiger partial charge in [-0.25, -0.2) is 9.59 Å². The van der Waals surface area contributed by atoms with E-state index < -0.39 is 65.2 Å². The molecular weight excluding hydrogens is 1080 g/mol. The zero-order chi connectivity index (χ0) is 55.2. The first-order chi connectivity index (χ1) is 35.9. The number of aromatic nitrogens is 8. The van der Waals surface area contributed by atoms with Crippen molar-refractivity contribution in [2.24, 2.45) is 14.1 Å². The average Bonchev–Trinajstić information content (AvgIpc) is 3.88. The number of methoxy groups -OCH3 is 2. The Kier molecular flexibility index (Phi) is 18.5. The predicted octanol–water partition coefficient (Wildman–Crippen LogP) is 7.44. The van der Waals surface area contributed by atoms with E-state index in [2.05, 4.69) is 19.4 Å². The molecule has 0 spiro atoms. The number of aliphatic hydroxyl groups excluding tert-OH is 1. The molecular formula is C49H46Cl2F6N8O12. The van der Waals surface area contributed by atoms with Crippen LogP contribution in [0.1, 0.15) is 18.6 Å². The summed E-state index contributed by atoms with van der Waals surface area (Å²) in [6.45, 7) is -1.23. The maximum Gasteiger partial charge on any atom is 0.573 e. The van der Waals surface area contributed by atoms with Gasteiger partial charge in [0.05, 0.1) is 38.9 Å². The molecule has 28 heteroatoms. The first-order valence-electron chi connectivity index (χ1n) is 22.1. The number of carbonyl (C=O) groups excluding carboxylic acids is 1. The van der Waals surface area contributed by atoms with Crippen molar-refractivity contribution in [3.63, 3.8) is 0 Å². The summed E-state index contributed by atoms with van der Waals surface area (Å²) in [5.74, 6) is -1.67. The Bertz CT molecular complexity index is 3650. The lowest BCUT2D eigenvalue weighted by Gasteiger charge is -2.14. The number of aryl methyl sites for hydroxylation is 2. The third kappa shape index (κ3) is 14.3. The number of hydrogen-bond donors (Lipinski definition) is 1. The molecule has 0 aliphatic heterocycles. The van der Waals surface area contributed by atoms with Gasteiger partial charge in [-0.2, -0.15) is 9.97 Å². The van der Waals surface area contributed by atoms with Gasteiger partial charge in [0.25, 0.3) is 11.1 Å². The van der Waals surface area contributed by atoms with Crippen molar-refractivity contribution in [1.82, 2.24) is 37.4 Å². The number of hydrogen-bond acceptors (Lipinski definition) is 14. The Morgan fingerprint density at radius 1 is 0.610 bits per heavy atom. The van der Waals surface area contributed by atoms with E-state index in [1.54, 1.807) is 48.5 Å². The van der Waals surface area contributed by atoms with Crippen LogP contribution < -0.4 is 41.4 Å². The maximum atomic E-state index is 13.5. The van der Waals surface area contributed by atoms with Crippen molar-refractivity contribution in [1.29, 1.82) is 0 Å². The minimum Gasteiger partial charge on any atom is -0.425 e. The highest BCUT2D eigenvalue weighted by molar-refractivity contribution is 6.30. The van der Waals surface area contributed by atoms with Crippen LogP contribution in [-0.2, 0) is 54.5 Å². The van der Waals surface area contributed by atoms with Gasteiger partial charge in [0.2, 0.25) is 0 Å². The largest absolute Gasteiger partial charge is 0.573 e. The summed E-state index contributed by atoms with van der Waals surface area (Å²) in [5.41, 5.74) is -1.90. The van der Waals surface area contributed by atoms with Gasteiger partial charge in [-0.15, -0.1) is 26.3 Å². The molecule has 0 aliphatic rings. The van der Waals surface area contributed by atoms with Gasteiger partial charge in [0.1, 0.15) is 29.6 Å². The molecule has 8 rings (SSSR count). The van der Waals surface area contributed by atoms with Gasteiger partial charge in [-0.3, -0.25) is 41.8 Å². The van der Waals surface area contributed by atoms with Crippen molar-refractivity contribution in [3.8, 4) is 35.0 Å². The van der Waals surface area contributed by atoms with Crippen molar-refractivity contribution in [2.75, 3.05) is 27.4 Å². The number of rotatable bonds is 18. The molecule has 1 atom stereocenters. The van der Waals surface area contributed by atoms with Crippen LogP contribution in [0, 0.1) is 0 Å². The SMILES string of the molecule is C.COCC(=O)Cn1c(=O)c2c(nc(Oc3cccc(OC(F)(F)F)c3)n2Cc2ccc(Cl)cc2)n(C)c1=O.COCC(O)Cn1c(=O)c2c(nc(Oc3cccc(OC(F)(F)F)c3)n2Cc2ccc(Cl)cc2)n(C)c1=O. The van der Waals surface area contributed by atoms with Crippen molar-refractivity contribution >= 4 is 51.3 Å². The topological polar surface area (TPSA) is 216 Å². The molecule has 1 N–H and O–H groups in total. The van der Waals surface area contributed by atoms with Crippen LogP contribution in [0.4, 0.5) is 26.3 Å². The third-order valence-electron chi connectivity index (χ3n) is 10.8. The number of aliphatic hydroxyl groups is 1. The molecule has 8 aromatic rings. The normalized spacial score (nSPS) is 12.0. The highest BCUT2D eigenvalue weighted by Gasteiger charge is 2.33. The summed E-state index contributed by atoms with van der Waals surface area (Å²) in [6, 6.07) is 22.5. The predicted molar refractivity (Wildman–Crippen MR) is 267 cm³/mol. The van der Waals surface area contributed by atoms with Gasteiger partial charge >= 0.3 is 36.1 Å². The zero-order valence-electron chi connectivity index (χ0n) is 40.1. The van der Waals surface area contributed by atoms with Crippen LogP contribution in [0.2, 0.25) is 10.0 Å². The number of nitrogens with zero attached hydrogens (tertiary/aromatic N) is 8. The number of halogens is 8. The minimum absolute atomic E-state index is 0. The highest BCUT2D eigenvalue weighted by atomic mass is 35.5.